The van der Waals surface area contributed by atoms with E-state index in [0.717, 1.165) is 30.4 Å². The van der Waals surface area contributed by atoms with E-state index in [1.807, 2.05) is 6.08 Å². The van der Waals surface area contributed by atoms with E-state index in [1.54, 1.807) is 6.08 Å². The van der Waals surface area contributed by atoms with Crippen molar-refractivity contribution in [2.75, 3.05) is 0 Å². The van der Waals surface area contributed by atoms with Gasteiger partial charge in [0.15, 0.2) is 5.78 Å². The first kappa shape index (κ1) is 14.5. The topological polar surface area (TPSA) is 83.5 Å². The summed E-state index contributed by atoms with van der Waals surface area (Å²) < 4.78 is 0. The Morgan fingerprint density at radius 3 is 2.70 bits per heavy atom. The third-order valence-electron chi connectivity index (χ3n) is 3.86. The zero-order valence-corrected chi connectivity index (χ0v) is 11.5. The molecule has 0 saturated carbocycles. The Labute approximate surface area is 117 Å². The van der Waals surface area contributed by atoms with Gasteiger partial charge in [-0.1, -0.05) is 12.2 Å². The van der Waals surface area contributed by atoms with E-state index in [0.29, 0.717) is 6.42 Å². The number of aliphatic carboxylic acids is 1. The summed E-state index contributed by atoms with van der Waals surface area (Å²) in [5.41, 5.74) is 1.76. The lowest BCUT2D eigenvalue weighted by Crippen LogP contribution is -2.32. The lowest BCUT2D eigenvalue weighted by Gasteiger charge is -2.18. The summed E-state index contributed by atoms with van der Waals surface area (Å²) >= 11 is 0. The number of hydrogen-bond acceptors (Lipinski definition) is 3. The molecule has 0 radical (unpaired) electrons. The first-order valence-electron chi connectivity index (χ1n) is 6.90. The van der Waals surface area contributed by atoms with Crippen LogP contribution in [0.5, 0.6) is 0 Å². The molecule has 108 valence electrons. The van der Waals surface area contributed by atoms with Crippen molar-refractivity contribution in [3.8, 4) is 0 Å². The highest BCUT2D eigenvalue weighted by Gasteiger charge is 2.29. The highest BCUT2D eigenvalue weighted by Crippen LogP contribution is 2.32. The van der Waals surface area contributed by atoms with E-state index in [-0.39, 0.29) is 24.2 Å². The van der Waals surface area contributed by atoms with Crippen LogP contribution in [0, 0.1) is 5.92 Å². The molecule has 0 bridgehead atoms. The quantitative estimate of drug-likeness (QED) is 0.820. The van der Waals surface area contributed by atoms with Crippen LogP contribution >= 0.6 is 0 Å². The van der Waals surface area contributed by atoms with Gasteiger partial charge in [-0.15, -0.1) is 0 Å². The van der Waals surface area contributed by atoms with Gasteiger partial charge in [-0.3, -0.25) is 14.4 Å². The number of Topliss-reactive ketones (excluding diaryl/α,β-unsaturated/α-hetero) is 1. The maximum atomic E-state index is 12.3. The predicted molar refractivity (Wildman–Crippen MR) is 73.0 cm³/mol. The Hall–Kier alpha value is -1.91. The third kappa shape index (κ3) is 3.35. The number of carboxylic acid groups (broad SMARTS) is 1. The Kier molecular flexibility index (Phi) is 4.37. The Balaban J connectivity index is 2.07. The second kappa shape index (κ2) is 6.03. The van der Waals surface area contributed by atoms with E-state index in [1.165, 1.54) is 6.92 Å². The minimum atomic E-state index is -0.957. The van der Waals surface area contributed by atoms with Crippen LogP contribution in [0.4, 0.5) is 0 Å². The lowest BCUT2D eigenvalue weighted by atomic mass is 9.84. The molecule has 5 heteroatoms. The third-order valence-corrected chi connectivity index (χ3v) is 3.86. The number of amides is 1. The Morgan fingerprint density at radius 2 is 2.05 bits per heavy atom. The number of carbonyl (C=O) groups is 3. The minimum Gasteiger partial charge on any atom is -0.481 e. The molecule has 0 spiro atoms. The molecule has 0 saturated heterocycles. The molecule has 1 amide bonds. The maximum absolute atomic E-state index is 12.3. The van der Waals surface area contributed by atoms with Gasteiger partial charge in [0.1, 0.15) is 0 Å². The van der Waals surface area contributed by atoms with Crippen LogP contribution < -0.4 is 5.32 Å². The fourth-order valence-corrected chi connectivity index (χ4v) is 2.89. The van der Waals surface area contributed by atoms with E-state index in [4.69, 9.17) is 5.11 Å². The summed E-state index contributed by atoms with van der Waals surface area (Å²) in [7, 11) is 0. The van der Waals surface area contributed by atoms with Gasteiger partial charge in [-0.2, -0.15) is 0 Å². The van der Waals surface area contributed by atoms with Gasteiger partial charge in [0.05, 0.1) is 12.3 Å². The molecule has 2 atom stereocenters. The second-order valence-corrected chi connectivity index (χ2v) is 5.41. The normalized spacial score (nSPS) is 25.9. The standard InChI is InChI=1S/C15H19NO4/c1-9(17)16-12-5-4-10-2-3-11(8-14(18)19)15(20)13(10)7-6-12/h2-3,11-12H,4-8H2,1H3,(H,16,17)(H,18,19). The summed E-state index contributed by atoms with van der Waals surface area (Å²) in [6.45, 7) is 1.49. The fourth-order valence-electron chi connectivity index (χ4n) is 2.89. The number of hydrogen-bond donors (Lipinski definition) is 2. The molecule has 0 aromatic heterocycles. The van der Waals surface area contributed by atoms with Gasteiger partial charge in [0.25, 0.3) is 0 Å². The number of ketones is 1. The van der Waals surface area contributed by atoms with Gasteiger partial charge >= 0.3 is 5.97 Å². The number of rotatable bonds is 3. The average Bonchev–Trinajstić information content (AvgIpc) is 2.55. The van der Waals surface area contributed by atoms with E-state index >= 15 is 0 Å². The van der Waals surface area contributed by atoms with Gasteiger partial charge in [0.2, 0.25) is 5.91 Å². The van der Waals surface area contributed by atoms with E-state index < -0.39 is 11.9 Å². The molecule has 2 aliphatic carbocycles. The van der Waals surface area contributed by atoms with Crippen LogP contribution in [0.1, 0.15) is 39.0 Å². The first-order valence-corrected chi connectivity index (χ1v) is 6.90. The van der Waals surface area contributed by atoms with Crippen molar-refractivity contribution < 1.29 is 19.5 Å². The van der Waals surface area contributed by atoms with E-state index in [2.05, 4.69) is 5.32 Å². The van der Waals surface area contributed by atoms with Crippen LogP contribution in [0.25, 0.3) is 0 Å². The van der Waals surface area contributed by atoms with Gasteiger partial charge in [-0.25, -0.2) is 0 Å². The summed E-state index contributed by atoms with van der Waals surface area (Å²) in [6, 6.07) is 0.0947. The molecular formula is C15H19NO4. The maximum Gasteiger partial charge on any atom is 0.304 e. The molecule has 0 heterocycles. The minimum absolute atomic E-state index is 0.0551. The summed E-state index contributed by atoms with van der Waals surface area (Å²) in [5.74, 6) is -1.61. The zero-order valence-electron chi connectivity index (χ0n) is 11.5. The molecule has 20 heavy (non-hydrogen) atoms. The van der Waals surface area contributed by atoms with Crippen LogP contribution in [-0.4, -0.2) is 28.8 Å². The van der Waals surface area contributed by atoms with Gasteiger partial charge < -0.3 is 10.4 Å². The van der Waals surface area contributed by atoms with Crippen LogP contribution in [0.3, 0.4) is 0 Å². The number of carbonyl (C=O) groups excluding carboxylic acids is 2. The molecule has 5 nitrogen and oxygen atoms in total. The fraction of sp³-hybridized carbons (Fsp3) is 0.533. The van der Waals surface area contributed by atoms with Crippen LogP contribution in [0.2, 0.25) is 0 Å². The highest BCUT2D eigenvalue weighted by atomic mass is 16.4. The average molecular weight is 277 g/mol. The number of carboxylic acids is 1. The molecular weight excluding hydrogens is 258 g/mol. The molecule has 2 aliphatic rings. The molecule has 0 fully saturated rings. The lowest BCUT2D eigenvalue weighted by molar-refractivity contribution is -0.139. The SMILES string of the molecule is CC(=O)NC1CCC2=C(CC1)C(=O)C(CC(=O)O)C=C2. The van der Waals surface area contributed by atoms with Crippen molar-refractivity contribution in [2.24, 2.45) is 5.92 Å². The predicted octanol–water partition coefficient (Wildman–Crippen LogP) is 1.59. The molecule has 2 N–H and O–H groups in total. The molecule has 0 aliphatic heterocycles. The van der Waals surface area contributed by atoms with E-state index in [9.17, 15) is 14.4 Å². The van der Waals surface area contributed by atoms with Gasteiger partial charge in [-0.05, 0) is 36.8 Å². The van der Waals surface area contributed by atoms with Crippen molar-refractivity contribution >= 4 is 17.7 Å². The zero-order chi connectivity index (χ0) is 14.7. The Morgan fingerprint density at radius 1 is 1.35 bits per heavy atom. The van der Waals surface area contributed by atoms with Crippen molar-refractivity contribution in [2.45, 2.75) is 45.1 Å². The van der Waals surface area contributed by atoms with Crippen molar-refractivity contribution in [1.82, 2.24) is 5.32 Å². The second-order valence-electron chi connectivity index (χ2n) is 5.41. The van der Waals surface area contributed by atoms with Crippen molar-refractivity contribution in [1.29, 1.82) is 0 Å². The molecule has 0 aromatic carbocycles. The molecule has 2 unspecified atom stereocenters. The molecule has 2 rings (SSSR count). The summed E-state index contributed by atoms with van der Waals surface area (Å²) in [6.07, 6.45) is 6.36. The van der Waals surface area contributed by atoms with Crippen molar-refractivity contribution in [3.63, 3.8) is 0 Å². The number of nitrogens with one attached hydrogen (secondary N) is 1. The highest BCUT2D eigenvalue weighted by molar-refractivity contribution is 6.02. The Bertz CT molecular complexity index is 504. The smallest absolute Gasteiger partial charge is 0.304 e. The first-order chi connectivity index (χ1) is 9.47. The van der Waals surface area contributed by atoms with Crippen molar-refractivity contribution in [3.05, 3.63) is 23.3 Å². The largest absolute Gasteiger partial charge is 0.481 e. The van der Waals surface area contributed by atoms with Crippen LogP contribution in [0.15, 0.2) is 23.3 Å². The van der Waals surface area contributed by atoms with Gasteiger partial charge in [0, 0.05) is 13.0 Å². The molecule has 0 aromatic rings. The van der Waals surface area contributed by atoms with Crippen LogP contribution in [-0.2, 0) is 14.4 Å². The monoisotopic (exact) mass is 277 g/mol. The summed E-state index contributed by atoms with van der Waals surface area (Å²) in [4.78, 5) is 34.2. The number of allylic oxidation sites excluding steroid dienone is 4. The summed E-state index contributed by atoms with van der Waals surface area (Å²) in [5, 5.41) is 11.7.